The first kappa shape index (κ1) is 29.1. The fraction of sp³-hybridized carbons (Fsp3) is 0.306. The highest BCUT2D eigenvalue weighted by atomic mass is 16.2. The lowest BCUT2D eigenvalue weighted by Gasteiger charge is -2.33. The van der Waals surface area contributed by atoms with E-state index in [1.54, 1.807) is 9.80 Å². The van der Waals surface area contributed by atoms with Gasteiger partial charge in [0.05, 0.1) is 5.69 Å². The van der Waals surface area contributed by atoms with Crippen molar-refractivity contribution >= 4 is 34.2 Å². The number of hydrogen-bond acceptors (Lipinski definition) is 3. The van der Waals surface area contributed by atoms with Crippen molar-refractivity contribution in [2.45, 2.75) is 65.1 Å². The largest absolute Gasteiger partial charge is 0.352 e. The Morgan fingerprint density at radius 1 is 0.905 bits per heavy atom. The van der Waals surface area contributed by atoms with Gasteiger partial charge in [0.25, 0.3) is 5.91 Å². The van der Waals surface area contributed by atoms with E-state index in [-0.39, 0.29) is 30.2 Å². The van der Waals surface area contributed by atoms with Crippen LogP contribution in [0.1, 0.15) is 60.2 Å². The molecule has 0 saturated carbocycles. The van der Waals surface area contributed by atoms with E-state index in [0.717, 1.165) is 39.6 Å². The number of aryl methyl sites for hydroxylation is 1. The van der Waals surface area contributed by atoms with E-state index in [0.29, 0.717) is 31.5 Å². The molecule has 1 N–H and O–H groups in total. The molecule has 0 radical (unpaired) electrons. The average Bonchev–Trinajstić information content (AvgIpc) is 3.28. The summed E-state index contributed by atoms with van der Waals surface area (Å²) in [5.41, 5.74) is 4.69. The Bertz CT molecular complexity index is 1580. The summed E-state index contributed by atoms with van der Waals surface area (Å²) in [4.78, 5) is 44.6. The minimum Gasteiger partial charge on any atom is -0.352 e. The van der Waals surface area contributed by atoms with Gasteiger partial charge in [-0.05, 0) is 60.9 Å². The van der Waals surface area contributed by atoms with Crippen LogP contribution in [0.5, 0.6) is 0 Å². The van der Waals surface area contributed by atoms with Crippen LogP contribution in [0.4, 0.5) is 5.69 Å². The number of rotatable bonds is 12. The first-order valence-corrected chi connectivity index (χ1v) is 14.9. The number of hydrogen-bond donors (Lipinski definition) is 1. The van der Waals surface area contributed by atoms with E-state index in [4.69, 9.17) is 0 Å². The van der Waals surface area contributed by atoms with Gasteiger partial charge in [-0.1, -0.05) is 85.8 Å². The van der Waals surface area contributed by atoms with Crippen LogP contribution in [0.25, 0.3) is 10.8 Å². The molecule has 0 aliphatic carbocycles. The first-order chi connectivity index (χ1) is 20.4. The average molecular weight is 562 g/mol. The molecular weight excluding hydrogens is 522 g/mol. The molecule has 0 bridgehead atoms. The molecule has 6 heteroatoms. The van der Waals surface area contributed by atoms with E-state index in [1.807, 2.05) is 112 Å². The highest BCUT2D eigenvalue weighted by Crippen LogP contribution is 2.37. The van der Waals surface area contributed by atoms with E-state index in [2.05, 4.69) is 5.32 Å². The zero-order valence-electron chi connectivity index (χ0n) is 24.7. The summed E-state index contributed by atoms with van der Waals surface area (Å²) < 4.78 is 0. The minimum atomic E-state index is -0.667. The van der Waals surface area contributed by atoms with Gasteiger partial charge < -0.3 is 15.1 Å². The molecule has 4 aromatic carbocycles. The van der Waals surface area contributed by atoms with Crippen molar-refractivity contribution in [1.29, 1.82) is 0 Å². The molecule has 0 aromatic heterocycles. The fourth-order valence-corrected chi connectivity index (χ4v) is 5.70. The maximum absolute atomic E-state index is 14.1. The van der Waals surface area contributed by atoms with Gasteiger partial charge in [-0.25, -0.2) is 0 Å². The van der Waals surface area contributed by atoms with Gasteiger partial charge in [0.1, 0.15) is 6.04 Å². The quantitative estimate of drug-likeness (QED) is 0.216. The predicted octanol–water partition coefficient (Wildman–Crippen LogP) is 6.44. The molecule has 1 aliphatic rings. The van der Waals surface area contributed by atoms with Crippen molar-refractivity contribution in [2.24, 2.45) is 0 Å². The number of amides is 3. The number of carbonyl (C=O) groups is 3. The molecule has 0 unspecified atom stereocenters. The predicted molar refractivity (Wildman–Crippen MR) is 168 cm³/mol. The fourth-order valence-electron chi connectivity index (χ4n) is 5.70. The Kier molecular flexibility index (Phi) is 9.01. The zero-order valence-corrected chi connectivity index (χ0v) is 24.7. The van der Waals surface area contributed by atoms with Crippen molar-refractivity contribution in [3.05, 3.63) is 113 Å². The lowest BCUT2D eigenvalue weighted by molar-refractivity contribution is -0.141. The molecular formula is C36H39N3O3. The summed E-state index contributed by atoms with van der Waals surface area (Å²) in [7, 11) is 0. The lowest BCUT2D eigenvalue weighted by atomic mass is 10.0. The minimum absolute atomic E-state index is 0.00305. The Morgan fingerprint density at radius 2 is 1.62 bits per heavy atom. The van der Waals surface area contributed by atoms with Crippen molar-refractivity contribution < 1.29 is 14.4 Å². The molecule has 0 saturated heterocycles. The van der Waals surface area contributed by atoms with Crippen molar-refractivity contribution in [2.75, 3.05) is 11.4 Å². The van der Waals surface area contributed by atoms with Crippen LogP contribution < -0.4 is 10.2 Å². The summed E-state index contributed by atoms with van der Waals surface area (Å²) in [5, 5.41) is 5.14. The summed E-state index contributed by atoms with van der Waals surface area (Å²) >= 11 is 0. The highest BCUT2D eigenvalue weighted by molar-refractivity contribution is 6.25. The van der Waals surface area contributed by atoms with Crippen molar-refractivity contribution in [3.8, 4) is 0 Å². The topological polar surface area (TPSA) is 69.7 Å². The SMILES string of the molecule is CC[C@@H](C)NC(=O)[C@H](Cc1ccccc1)N(Cc1ccccc1C)C(=O)CCCN1C(=O)c2cccc3cccc1c23. The Morgan fingerprint density at radius 3 is 2.36 bits per heavy atom. The summed E-state index contributed by atoms with van der Waals surface area (Å²) in [6.45, 7) is 6.81. The van der Waals surface area contributed by atoms with Gasteiger partial charge in [-0.15, -0.1) is 0 Å². The van der Waals surface area contributed by atoms with Gasteiger partial charge in [-0.2, -0.15) is 0 Å². The molecule has 3 amide bonds. The van der Waals surface area contributed by atoms with Crippen molar-refractivity contribution in [1.82, 2.24) is 10.2 Å². The highest BCUT2D eigenvalue weighted by Gasteiger charge is 2.32. The Labute approximate surface area is 248 Å². The van der Waals surface area contributed by atoms with Gasteiger partial charge in [0.15, 0.2) is 0 Å². The van der Waals surface area contributed by atoms with E-state index in [1.165, 1.54) is 0 Å². The molecule has 2 atom stereocenters. The molecule has 4 aromatic rings. The second-order valence-corrected chi connectivity index (χ2v) is 11.2. The third kappa shape index (κ3) is 6.23. The monoisotopic (exact) mass is 561 g/mol. The number of nitrogens with one attached hydrogen (secondary N) is 1. The molecule has 0 fully saturated rings. The molecule has 42 heavy (non-hydrogen) atoms. The van der Waals surface area contributed by atoms with Crippen LogP contribution in [0.2, 0.25) is 0 Å². The van der Waals surface area contributed by atoms with Crippen LogP contribution in [-0.2, 0) is 22.6 Å². The van der Waals surface area contributed by atoms with E-state index >= 15 is 0 Å². The normalized spacial score (nSPS) is 13.7. The van der Waals surface area contributed by atoms with Gasteiger partial charge in [0, 0.05) is 42.9 Å². The Hall–Kier alpha value is -4.45. The summed E-state index contributed by atoms with van der Waals surface area (Å²) in [5.74, 6) is -0.270. The van der Waals surface area contributed by atoms with Crippen molar-refractivity contribution in [3.63, 3.8) is 0 Å². The Balaban J connectivity index is 1.38. The number of carbonyl (C=O) groups excluding carboxylic acids is 3. The van der Waals surface area contributed by atoms with Crippen LogP contribution in [-0.4, -0.2) is 41.2 Å². The molecule has 0 spiro atoms. The summed E-state index contributed by atoms with van der Waals surface area (Å²) in [6.07, 6.45) is 1.94. The molecule has 1 aliphatic heterocycles. The third-order valence-electron chi connectivity index (χ3n) is 8.30. The number of benzene rings is 4. The van der Waals surface area contributed by atoms with Crippen LogP contribution >= 0.6 is 0 Å². The van der Waals surface area contributed by atoms with Gasteiger partial charge in [-0.3, -0.25) is 14.4 Å². The van der Waals surface area contributed by atoms with Crippen LogP contribution in [0.15, 0.2) is 91.0 Å². The molecule has 5 rings (SSSR count). The smallest absolute Gasteiger partial charge is 0.258 e. The maximum Gasteiger partial charge on any atom is 0.258 e. The lowest BCUT2D eigenvalue weighted by Crippen LogP contribution is -2.52. The van der Waals surface area contributed by atoms with E-state index in [9.17, 15) is 14.4 Å². The van der Waals surface area contributed by atoms with Gasteiger partial charge in [0.2, 0.25) is 11.8 Å². The molecule has 1 heterocycles. The van der Waals surface area contributed by atoms with Gasteiger partial charge >= 0.3 is 0 Å². The second-order valence-electron chi connectivity index (χ2n) is 11.2. The first-order valence-electron chi connectivity index (χ1n) is 14.9. The van der Waals surface area contributed by atoms with E-state index < -0.39 is 6.04 Å². The standard InChI is InChI=1S/C36H39N3O3/c1-4-26(3)37-35(41)32(23-27-14-6-5-7-15-27)39(24-29-16-9-8-13-25(29)2)33(40)21-12-22-38-31-20-11-18-28-17-10-19-30(34(28)31)36(38)42/h5-11,13-20,26,32H,4,12,21-24H2,1-3H3,(H,37,41)/t26-,32+/m1/s1. The summed E-state index contributed by atoms with van der Waals surface area (Å²) in [6, 6.07) is 28.9. The molecule has 216 valence electrons. The third-order valence-corrected chi connectivity index (χ3v) is 8.30. The molecule has 6 nitrogen and oxygen atoms in total. The zero-order chi connectivity index (χ0) is 29.6. The number of anilines is 1. The maximum atomic E-state index is 14.1. The second kappa shape index (κ2) is 13.0. The van der Waals surface area contributed by atoms with Crippen LogP contribution in [0.3, 0.4) is 0 Å². The van der Waals surface area contributed by atoms with Crippen LogP contribution in [0, 0.1) is 6.92 Å². The number of nitrogens with zero attached hydrogens (tertiary/aromatic N) is 2.